The van der Waals surface area contributed by atoms with Crippen LogP contribution in [0.3, 0.4) is 0 Å². The molecule has 2 rings (SSSR count). The zero-order chi connectivity index (χ0) is 17.4. The number of aryl methyl sites for hydroxylation is 1. The van der Waals surface area contributed by atoms with E-state index >= 15 is 0 Å². The molecule has 3 N–H and O–H groups in total. The van der Waals surface area contributed by atoms with E-state index in [0.717, 1.165) is 12.8 Å². The van der Waals surface area contributed by atoms with Crippen LogP contribution in [0.1, 0.15) is 29.3 Å². The average molecular weight is 328 g/mol. The topological polar surface area (TPSA) is 87.7 Å². The van der Waals surface area contributed by atoms with Crippen LogP contribution >= 0.6 is 0 Å². The lowest BCUT2D eigenvalue weighted by molar-refractivity contribution is 0.0697. The molecule has 6 heteroatoms. The molecule has 0 aliphatic heterocycles. The number of aromatic carboxylic acids is 1. The summed E-state index contributed by atoms with van der Waals surface area (Å²) in [7, 11) is 0. The average Bonchev–Trinajstić information content (AvgIpc) is 2.57. The normalized spacial score (nSPS) is 10.0. The zero-order valence-corrected chi connectivity index (χ0v) is 13.4. The Morgan fingerprint density at radius 3 is 2.29 bits per heavy atom. The van der Waals surface area contributed by atoms with Gasteiger partial charge in [0.15, 0.2) is 6.73 Å². The molecule has 126 valence electrons. The summed E-state index contributed by atoms with van der Waals surface area (Å²) in [5, 5.41) is 14.0. The van der Waals surface area contributed by atoms with Crippen molar-refractivity contribution in [1.82, 2.24) is 5.32 Å². The molecule has 0 heterocycles. The van der Waals surface area contributed by atoms with Gasteiger partial charge in [-0.3, -0.25) is 0 Å². The molecule has 24 heavy (non-hydrogen) atoms. The molecule has 0 saturated heterocycles. The maximum Gasteiger partial charge on any atom is 0.335 e. The van der Waals surface area contributed by atoms with Gasteiger partial charge in [-0.2, -0.15) is 0 Å². The number of benzene rings is 2. The first kappa shape index (κ1) is 17.3. The summed E-state index contributed by atoms with van der Waals surface area (Å²) in [5.41, 5.74) is 1.91. The number of rotatable bonds is 7. The second-order valence-corrected chi connectivity index (χ2v) is 5.20. The fourth-order valence-corrected chi connectivity index (χ4v) is 2.10. The third-order valence-corrected chi connectivity index (χ3v) is 3.32. The maximum absolute atomic E-state index is 11.7. The first-order valence-corrected chi connectivity index (χ1v) is 7.68. The van der Waals surface area contributed by atoms with Crippen LogP contribution in [-0.2, 0) is 6.42 Å². The first-order chi connectivity index (χ1) is 11.6. The minimum atomic E-state index is -1.01. The van der Waals surface area contributed by atoms with Crippen molar-refractivity contribution in [3.8, 4) is 5.75 Å². The summed E-state index contributed by atoms with van der Waals surface area (Å²) in [4.78, 5) is 22.5. The molecule has 2 aromatic carbocycles. The minimum absolute atomic E-state index is 0.0339. The van der Waals surface area contributed by atoms with Crippen LogP contribution in [0.5, 0.6) is 5.75 Å². The van der Waals surface area contributed by atoms with Gasteiger partial charge in [0.05, 0.1) is 5.56 Å². The van der Waals surface area contributed by atoms with Crippen molar-refractivity contribution in [1.29, 1.82) is 0 Å². The van der Waals surface area contributed by atoms with Crippen LogP contribution in [0.25, 0.3) is 0 Å². The van der Waals surface area contributed by atoms with Crippen LogP contribution in [0, 0.1) is 0 Å². The number of hydrogen-bond acceptors (Lipinski definition) is 3. The molecule has 6 nitrogen and oxygen atoms in total. The van der Waals surface area contributed by atoms with E-state index in [4.69, 9.17) is 9.84 Å². The van der Waals surface area contributed by atoms with Gasteiger partial charge < -0.3 is 20.5 Å². The van der Waals surface area contributed by atoms with Gasteiger partial charge in [-0.05, 0) is 48.4 Å². The fraction of sp³-hybridized carbons (Fsp3) is 0.222. The quantitative estimate of drug-likeness (QED) is 0.679. The van der Waals surface area contributed by atoms with Gasteiger partial charge in [-0.25, -0.2) is 9.59 Å². The highest BCUT2D eigenvalue weighted by molar-refractivity contribution is 5.91. The molecule has 0 unspecified atom stereocenters. The number of urea groups is 1. The lowest BCUT2D eigenvalue weighted by Gasteiger charge is -2.10. The van der Waals surface area contributed by atoms with Crippen molar-refractivity contribution in [2.75, 3.05) is 12.0 Å². The SMILES string of the molecule is CCCc1ccc(OCNC(=O)Nc2ccc(C(=O)O)cc2)cc1. The number of nitrogens with one attached hydrogen (secondary N) is 2. The summed E-state index contributed by atoms with van der Waals surface area (Å²) in [6.45, 7) is 2.16. The predicted octanol–water partition coefficient (Wildman–Crippen LogP) is 3.50. The van der Waals surface area contributed by atoms with Gasteiger partial charge in [0.1, 0.15) is 5.75 Å². The zero-order valence-electron chi connectivity index (χ0n) is 13.4. The van der Waals surface area contributed by atoms with E-state index in [1.54, 1.807) is 0 Å². The second-order valence-electron chi connectivity index (χ2n) is 5.20. The van der Waals surface area contributed by atoms with Crippen LogP contribution < -0.4 is 15.4 Å². The maximum atomic E-state index is 11.7. The van der Waals surface area contributed by atoms with E-state index in [0.29, 0.717) is 11.4 Å². The Hall–Kier alpha value is -3.02. The van der Waals surface area contributed by atoms with Crippen molar-refractivity contribution >= 4 is 17.7 Å². The highest BCUT2D eigenvalue weighted by Gasteiger charge is 2.04. The number of carboxylic acid groups (broad SMARTS) is 1. The largest absolute Gasteiger partial charge is 0.478 e. The highest BCUT2D eigenvalue weighted by Crippen LogP contribution is 2.13. The van der Waals surface area contributed by atoms with Crippen LogP contribution in [-0.4, -0.2) is 23.8 Å². The van der Waals surface area contributed by atoms with Crippen LogP contribution in [0.2, 0.25) is 0 Å². The number of carbonyl (C=O) groups is 2. The molecular weight excluding hydrogens is 308 g/mol. The summed E-state index contributed by atoms with van der Waals surface area (Å²) >= 11 is 0. The molecule has 0 spiro atoms. The van der Waals surface area contributed by atoms with Gasteiger partial charge in [-0.1, -0.05) is 25.5 Å². The smallest absolute Gasteiger partial charge is 0.335 e. The lowest BCUT2D eigenvalue weighted by Crippen LogP contribution is -2.32. The molecule has 0 aliphatic rings. The van der Waals surface area contributed by atoms with E-state index in [2.05, 4.69) is 17.6 Å². The van der Waals surface area contributed by atoms with E-state index in [1.165, 1.54) is 29.8 Å². The van der Waals surface area contributed by atoms with Crippen LogP contribution in [0.15, 0.2) is 48.5 Å². The van der Waals surface area contributed by atoms with Crippen molar-refractivity contribution in [2.45, 2.75) is 19.8 Å². The Balaban J connectivity index is 1.75. The molecule has 0 radical (unpaired) electrons. The second kappa shape index (κ2) is 8.57. The van der Waals surface area contributed by atoms with Gasteiger partial charge in [0, 0.05) is 5.69 Å². The third kappa shape index (κ3) is 5.31. The minimum Gasteiger partial charge on any atom is -0.478 e. The van der Waals surface area contributed by atoms with Crippen molar-refractivity contribution in [3.05, 3.63) is 59.7 Å². The Bertz CT molecular complexity index is 681. The van der Waals surface area contributed by atoms with Crippen molar-refractivity contribution in [2.24, 2.45) is 0 Å². The van der Waals surface area contributed by atoms with Crippen LogP contribution in [0.4, 0.5) is 10.5 Å². The van der Waals surface area contributed by atoms with E-state index in [-0.39, 0.29) is 12.3 Å². The van der Waals surface area contributed by atoms with Crippen molar-refractivity contribution in [3.63, 3.8) is 0 Å². The van der Waals surface area contributed by atoms with Gasteiger partial charge >= 0.3 is 12.0 Å². The molecule has 0 fully saturated rings. The number of hydrogen-bond donors (Lipinski definition) is 3. The fourth-order valence-electron chi connectivity index (χ4n) is 2.10. The van der Waals surface area contributed by atoms with Gasteiger partial charge in [0.2, 0.25) is 0 Å². The van der Waals surface area contributed by atoms with E-state index < -0.39 is 12.0 Å². The number of ether oxygens (including phenoxy) is 1. The van der Waals surface area contributed by atoms with Gasteiger partial charge in [-0.15, -0.1) is 0 Å². The standard InChI is InChI=1S/C18H20N2O4/c1-2-3-13-4-10-16(11-5-13)24-12-19-18(23)20-15-8-6-14(7-9-15)17(21)22/h4-11H,2-3,12H2,1H3,(H,21,22)(H2,19,20,23). The van der Waals surface area contributed by atoms with Crippen molar-refractivity contribution < 1.29 is 19.4 Å². The number of carbonyl (C=O) groups excluding carboxylic acids is 1. The predicted molar refractivity (Wildman–Crippen MR) is 91.5 cm³/mol. The first-order valence-electron chi connectivity index (χ1n) is 7.68. The van der Waals surface area contributed by atoms with Gasteiger partial charge in [0.25, 0.3) is 0 Å². The molecular formula is C18H20N2O4. The third-order valence-electron chi connectivity index (χ3n) is 3.32. The molecule has 2 aromatic rings. The molecule has 0 aliphatic carbocycles. The number of carboxylic acids is 1. The Kier molecular flexibility index (Phi) is 6.19. The van der Waals surface area contributed by atoms with E-state index in [9.17, 15) is 9.59 Å². The summed E-state index contributed by atoms with van der Waals surface area (Å²) < 4.78 is 5.45. The lowest BCUT2D eigenvalue weighted by atomic mass is 10.1. The summed E-state index contributed by atoms with van der Waals surface area (Å²) in [6, 6.07) is 13.2. The molecule has 0 aromatic heterocycles. The highest BCUT2D eigenvalue weighted by atomic mass is 16.5. The van der Waals surface area contributed by atoms with E-state index in [1.807, 2.05) is 24.3 Å². The number of anilines is 1. The molecule has 0 bridgehead atoms. The summed E-state index contributed by atoms with van der Waals surface area (Å²) in [5.74, 6) is -0.328. The summed E-state index contributed by atoms with van der Waals surface area (Å²) in [6.07, 6.45) is 2.12. The number of amides is 2. The molecule has 0 saturated carbocycles. The molecule has 2 amide bonds. The Labute approximate surface area is 140 Å². The molecule has 0 atom stereocenters. The Morgan fingerprint density at radius 1 is 1.04 bits per heavy atom. The monoisotopic (exact) mass is 328 g/mol. The Morgan fingerprint density at radius 2 is 1.71 bits per heavy atom.